The predicted molar refractivity (Wildman–Crippen MR) is 119 cm³/mol. The number of aliphatic imine (C=N–C) groups is 1. The quantitative estimate of drug-likeness (QED) is 0.387. The highest BCUT2D eigenvalue weighted by Crippen LogP contribution is 2.16. The van der Waals surface area contributed by atoms with Crippen LogP contribution >= 0.6 is 35.6 Å². The van der Waals surface area contributed by atoms with E-state index >= 15 is 0 Å². The molecule has 3 rings (SSSR count). The molecule has 1 unspecified atom stereocenters. The van der Waals surface area contributed by atoms with Gasteiger partial charge < -0.3 is 19.9 Å². The van der Waals surface area contributed by atoms with E-state index in [-0.39, 0.29) is 36.0 Å². The van der Waals surface area contributed by atoms with Gasteiger partial charge in [-0.2, -0.15) is 0 Å². The third kappa shape index (κ3) is 5.96. The molecule has 8 heteroatoms. The number of rotatable bonds is 4. The van der Waals surface area contributed by atoms with Gasteiger partial charge in [-0.25, -0.2) is 0 Å². The number of ether oxygens (including phenoxy) is 1. The highest BCUT2D eigenvalue weighted by molar-refractivity contribution is 14.0. The van der Waals surface area contributed by atoms with Crippen LogP contribution in [-0.4, -0.2) is 74.1 Å². The maximum absolute atomic E-state index is 12.4. The molecule has 0 aromatic heterocycles. The molecule has 27 heavy (non-hydrogen) atoms. The molecule has 150 valence electrons. The number of amides is 1. The van der Waals surface area contributed by atoms with E-state index in [9.17, 15) is 4.79 Å². The third-order valence-corrected chi connectivity index (χ3v) is 5.31. The maximum Gasteiger partial charge on any atom is 0.251 e. The van der Waals surface area contributed by atoms with Crippen molar-refractivity contribution in [1.29, 1.82) is 0 Å². The van der Waals surface area contributed by atoms with Crippen LogP contribution in [0.25, 0.3) is 0 Å². The number of hydrogen-bond donors (Lipinski definition) is 1. The summed E-state index contributed by atoms with van der Waals surface area (Å²) in [6, 6.07) is 7.90. The van der Waals surface area contributed by atoms with Crippen LogP contribution < -0.4 is 5.32 Å². The van der Waals surface area contributed by atoms with Crippen molar-refractivity contribution < 1.29 is 9.53 Å². The van der Waals surface area contributed by atoms with Crippen LogP contribution in [0.15, 0.2) is 29.3 Å². The first-order chi connectivity index (χ1) is 12.7. The van der Waals surface area contributed by atoms with E-state index in [2.05, 4.69) is 15.2 Å². The van der Waals surface area contributed by atoms with E-state index in [0.29, 0.717) is 19.7 Å². The van der Waals surface area contributed by atoms with E-state index in [1.54, 1.807) is 7.05 Å². The van der Waals surface area contributed by atoms with E-state index in [0.717, 1.165) is 55.4 Å². The monoisotopic (exact) mass is 506 g/mol. The van der Waals surface area contributed by atoms with Crippen molar-refractivity contribution in [1.82, 2.24) is 15.1 Å². The summed E-state index contributed by atoms with van der Waals surface area (Å²) in [6.07, 6.45) is 2.45. The van der Waals surface area contributed by atoms with Crippen LogP contribution in [-0.2, 0) is 16.0 Å². The lowest BCUT2D eigenvalue weighted by atomic mass is 10.1. The largest absolute Gasteiger partial charge is 0.368 e. The van der Waals surface area contributed by atoms with E-state index < -0.39 is 0 Å². The van der Waals surface area contributed by atoms with Crippen LogP contribution in [0.4, 0.5) is 0 Å². The van der Waals surface area contributed by atoms with Gasteiger partial charge in [-0.3, -0.25) is 9.79 Å². The zero-order valence-corrected chi connectivity index (χ0v) is 18.8. The summed E-state index contributed by atoms with van der Waals surface area (Å²) in [5.41, 5.74) is 1.13. The summed E-state index contributed by atoms with van der Waals surface area (Å²) in [4.78, 5) is 20.9. The average molecular weight is 507 g/mol. The Morgan fingerprint density at radius 2 is 1.96 bits per heavy atom. The normalized spacial score (nSPS) is 20.4. The van der Waals surface area contributed by atoms with Crippen LogP contribution in [0, 0.1) is 0 Å². The highest BCUT2D eigenvalue weighted by Gasteiger charge is 2.30. The fraction of sp³-hybridized carbons (Fsp3) is 0.579. The first-order valence-corrected chi connectivity index (χ1v) is 9.66. The lowest BCUT2D eigenvalue weighted by molar-refractivity contribution is -0.142. The van der Waals surface area contributed by atoms with Crippen molar-refractivity contribution >= 4 is 47.4 Å². The van der Waals surface area contributed by atoms with Gasteiger partial charge in [0.15, 0.2) is 5.96 Å². The first-order valence-electron chi connectivity index (χ1n) is 9.28. The second-order valence-electron chi connectivity index (χ2n) is 6.63. The molecule has 2 fully saturated rings. The zero-order chi connectivity index (χ0) is 18.4. The van der Waals surface area contributed by atoms with E-state index in [4.69, 9.17) is 16.3 Å². The number of benzene rings is 1. The Balaban J connectivity index is 0.00000261. The van der Waals surface area contributed by atoms with Gasteiger partial charge in [0.05, 0.1) is 0 Å². The minimum atomic E-state index is -0.227. The standard InChI is InChI=1S/C19H27ClN4O2.HI/c1-21-19(22-9-8-15-5-2-3-6-16(15)20)24-12-10-23(11-13-24)18(25)17-7-4-14-26-17;/h2-3,5-6,17H,4,7-14H2,1H3,(H,21,22);1H. The van der Waals surface area contributed by atoms with Gasteiger partial charge in [-0.15, -0.1) is 24.0 Å². The Kier molecular flexibility index (Phi) is 9.11. The van der Waals surface area contributed by atoms with Gasteiger partial charge in [0.1, 0.15) is 6.10 Å². The number of hydrogen-bond acceptors (Lipinski definition) is 3. The predicted octanol–water partition coefficient (Wildman–Crippen LogP) is 2.40. The van der Waals surface area contributed by atoms with Crippen molar-refractivity contribution in [2.75, 3.05) is 46.4 Å². The Hall–Kier alpha value is -1.06. The van der Waals surface area contributed by atoms with Crippen molar-refractivity contribution in [3.05, 3.63) is 34.9 Å². The number of carbonyl (C=O) groups excluding carboxylic acids is 1. The number of nitrogens with zero attached hydrogens (tertiary/aromatic N) is 3. The van der Waals surface area contributed by atoms with Crippen LogP contribution in [0.2, 0.25) is 5.02 Å². The Morgan fingerprint density at radius 3 is 2.59 bits per heavy atom. The molecular formula is C19H28ClIN4O2. The van der Waals surface area contributed by atoms with Crippen molar-refractivity contribution in [3.63, 3.8) is 0 Å². The Bertz CT molecular complexity index is 644. The third-order valence-electron chi connectivity index (χ3n) is 4.94. The van der Waals surface area contributed by atoms with Crippen LogP contribution in [0.5, 0.6) is 0 Å². The average Bonchev–Trinajstić information content (AvgIpc) is 3.21. The minimum Gasteiger partial charge on any atom is -0.368 e. The van der Waals surface area contributed by atoms with Crippen molar-refractivity contribution in [2.45, 2.75) is 25.4 Å². The maximum atomic E-state index is 12.4. The minimum absolute atomic E-state index is 0. The summed E-state index contributed by atoms with van der Waals surface area (Å²) < 4.78 is 5.52. The fourth-order valence-corrected chi connectivity index (χ4v) is 3.69. The lowest BCUT2D eigenvalue weighted by Gasteiger charge is -2.37. The number of halogens is 2. The number of piperazine rings is 1. The van der Waals surface area contributed by atoms with E-state index in [1.807, 2.05) is 29.2 Å². The molecule has 0 radical (unpaired) electrons. The summed E-state index contributed by atoms with van der Waals surface area (Å²) in [5.74, 6) is 1.02. The zero-order valence-electron chi connectivity index (χ0n) is 15.7. The summed E-state index contributed by atoms with van der Waals surface area (Å²) in [5, 5.41) is 4.20. The molecule has 1 atom stereocenters. The van der Waals surface area contributed by atoms with Gasteiger partial charge in [0.25, 0.3) is 5.91 Å². The number of nitrogens with one attached hydrogen (secondary N) is 1. The smallest absolute Gasteiger partial charge is 0.251 e. The molecule has 2 aliphatic heterocycles. The second kappa shape index (κ2) is 11.1. The Labute approximate surface area is 183 Å². The lowest BCUT2D eigenvalue weighted by Crippen LogP contribution is -2.55. The summed E-state index contributed by atoms with van der Waals surface area (Å²) in [6.45, 7) is 4.46. The van der Waals surface area contributed by atoms with E-state index in [1.165, 1.54) is 0 Å². The van der Waals surface area contributed by atoms with Gasteiger partial charge in [0.2, 0.25) is 0 Å². The molecule has 0 saturated carbocycles. The second-order valence-corrected chi connectivity index (χ2v) is 7.04. The molecule has 1 N–H and O–H groups in total. The molecule has 1 amide bonds. The first kappa shape index (κ1) is 22.2. The topological polar surface area (TPSA) is 57.2 Å². The summed E-state index contributed by atoms with van der Waals surface area (Å²) >= 11 is 6.21. The van der Waals surface area contributed by atoms with Crippen LogP contribution in [0.3, 0.4) is 0 Å². The molecule has 1 aromatic rings. The molecule has 0 spiro atoms. The summed E-state index contributed by atoms with van der Waals surface area (Å²) in [7, 11) is 1.79. The molecular weight excluding hydrogens is 479 g/mol. The molecule has 6 nitrogen and oxygen atoms in total. The van der Waals surface area contributed by atoms with Crippen molar-refractivity contribution in [2.24, 2.45) is 4.99 Å². The van der Waals surface area contributed by atoms with Gasteiger partial charge in [0, 0.05) is 51.4 Å². The SMILES string of the molecule is CN=C(NCCc1ccccc1Cl)N1CCN(C(=O)C2CCCO2)CC1.I. The number of guanidine groups is 1. The molecule has 2 heterocycles. The molecule has 0 aliphatic carbocycles. The molecule has 1 aromatic carbocycles. The Morgan fingerprint density at radius 1 is 1.26 bits per heavy atom. The molecule has 2 saturated heterocycles. The molecule has 2 aliphatic rings. The molecule has 0 bridgehead atoms. The van der Waals surface area contributed by atoms with Gasteiger partial charge >= 0.3 is 0 Å². The highest BCUT2D eigenvalue weighted by atomic mass is 127. The van der Waals surface area contributed by atoms with Gasteiger partial charge in [-0.05, 0) is 30.9 Å². The fourth-order valence-electron chi connectivity index (χ4n) is 3.46. The van der Waals surface area contributed by atoms with Crippen LogP contribution in [0.1, 0.15) is 18.4 Å². The number of carbonyl (C=O) groups is 1. The van der Waals surface area contributed by atoms with Crippen molar-refractivity contribution in [3.8, 4) is 0 Å². The van der Waals surface area contributed by atoms with Gasteiger partial charge in [-0.1, -0.05) is 29.8 Å².